The number of hydrogen-bond donors (Lipinski definition) is 2. The first kappa shape index (κ1) is 22.8. The van der Waals surface area contributed by atoms with E-state index >= 15 is 0 Å². The molecule has 2 aliphatic rings. The molecule has 33 heavy (non-hydrogen) atoms. The molecule has 0 spiro atoms. The molecule has 4 rings (SSSR count). The molecule has 7 nitrogen and oxygen atoms in total. The lowest BCUT2D eigenvalue weighted by Gasteiger charge is -2.28. The van der Waals surface area contributed by atoms with E-state index in [9.17, 15) is 14.4 Å². The highest BCUT2D eigenvalue weighted by atomic mass is 16.5. The number of rotatable bonds is 9. The van der Waals surface area contributed by atoms with Crippen LogP contribution >= 0.6 is 0 Å². The van der Waals surface area contributed by atoms with Crippen LogP contribution in [-0.2, 0) is 14.3 Å². The van der Waals surface area contributed by atoms with E-state index in [1.165, 1.54) is 16.0 Å². The summed E-state index contributed by atoms with van der Waals surface area (Å²) in [5.41, 5.74) is 3.96. The molecule has 2 aromatic rings. The van der Waals surface area contributed by atoms with Gasteiger partial charge in [-0.1, -0.05) is 48.5 Å². The standard InChI is InChI=1S/C26H30N2O5/c1-26(2,14-13-23(29)28(15-24(30)31)17-11-12-17)27-25(32)33-16-22-20-9-5-3-7-18(20)19-8-4-6-10-21(19)22/h3-10,17,22H,11-16H2,1-2H3,(H,27,32)(H,30,31). The van der Waals surface area contributed by atoms with Gasteiger partial charge in [0.25, 0.3) is 0 Å². The van der Waals surface area contributed by atoms with Gasteiger partial charge in [-0.2, -0.15) is 0 Å². The van der Waals surface area contributed by atoms with E-state index in [0.717, 1.165) is 24.0 Å². The van der Waals surface area contributed by atoms with Gasteiger partial charge in [0.15, 0.2) is 0 Å². The van der Waals surface area contributed by atoms with E-state index in [-0.39, 0.29) is 37.4 Å². The number of carboxylic acid groups (broad SMARTS) is 1. The number of alkyl carbamates (subject to hydrolysis) is 1. The Bertz CT molecular complexity index is 1010. The maximum absolute atomic E-state index is 12.6. The van der Waals surface area contributed by atoms with Crippen LogP contribution in [0.4, 0.5) is 4.79 Å². The van der Waals surface area contributed by atoms with Crippen molar-refractivity contribution in [2.75, 3.05) is 13.2 Å². The lowest BCUT2D eigenvalue weighted by Crippen LogP contribution is -2.45. The maximum Gasteiger partial charge on any atom is 0.407 e. The van der Waals surface area contributed by atoms with Crippen LogP contribution in [0.1, 0.15) is 56.6 Å². The molecule has 2 aromatic carbocycles. The van der Waals surface area contributed by atoms with E-state index in [4.69, 9.17) is 9.84 Å². The van der Waals surface area contributed by atoms with Gasteiger partial charge in [0.1, 0.15) is 13.2 Å². The lowest BCUT2D eigenvalue weighted by atomic mass is 9.97. The summed E-state index contributed by atoms with van der Waals surface area (Å²) in [5, 5.41) is 11.9. The first-order valence-electron chi connectivity index (χ1n) is 11.4. The zero-order valence-corrected chi connectivity index (χ0v) is 19.0. The summed E-state index contributed by atoms with van der Waals surface area (Å²) in [4.78, 5) is 37.6. The van der Waals surface area contributed by atoms with Crippen molar-refractivity contribution in [2.45, 2.75) is 57.0 Å². The summed E-state index contributed by atoms with van der Waals surface area (Å²) in [6.45, 7) is 3.62. The summed E-state index contributed by atoms with van der Waals surface area (Å²) in [6.07, 6.45) is 1.72. The Morgan fingerprint density at radius 2 is 1.61 bits per heavy atom. The van der Waals surface area contributed by atoms with Crippen molar-refractivity contribution in [2.24, 2.45) is 0 Å². The fourth-order valence-electron chi connectivity index (χ4n) is 4.49. The van der Waals surface area contributed by atoms with Gasteiger partial charge in [-0.3, -0.25) is 9.59 Å². The van der Waals surface area contributed by atoms with E-state index in [0.29, 0.717) is 6.42 Å². The Hall–Kier alpha value is -3.35. The summed E-state index contributed by atoms with van der Waals surface area (Å²) in [7, 11) is 0. The highest BCUT2D eigenvalue weighted by molar-refractivity contribution is 5.82. The minimum Gasteiger partial charge on any atom is -0.480 e. The monoisotopic (exact) mass is 450 g/mol. The Balaban J connectivity index is 1.31. The van der Waals surface area contributed by atoms with Crippen molar-refractivity contribution in [3.8, 4) is 11.1 Å². The molecule has 0 bridgehead atoms. The minimum absolute atomic E-state index is 0.0176. The molecular weight excluding hydrogens is 420 g/mol. The molecule has 0 saturated heterocycles. The van der Waals surface area contributed by atoms with Gasteiger partial charge < -0.3 is 20.1 Å². The van der Waals surface area contributed by atoms with E-state index in [2.05, 4.69) is 29.6 Å². The zero-order chi connectivity index (χ0) is 23.6. The van der Waals surface area contributed by atoms with Crippen molar-refractivity contribution < 1.29 is 24.2 Å². The maximum atomic E-state index is 12.6. The predicted octanol–water partition coefficient (Wildman–Crippen LogP) is 4.16. The topological polar surface area (TPSA) is 95.9 Å². The molecule has 0 radical (unpaired) electrons. The summed E-state index contributed by atoms with van der Waals surface area (Å²) >= 11 is 0. The van der Waals surface area contributed by atoms with Gasteiger partial charge in [-0.15, -0.1) is 0 Å². The zero-order valence-electron chi connectivity index (χ0n) is 19.0. The highest BCUT2D eigenvalue weighted by Gasteiger charge is 2.35. The Labute approximate surface area is 193 Å². The molecule has 174 valence electrons. The number of aliphatic carboxylic acids is 1. The van der Waals surface area contributed by atoms with Crippen molar-refractivity contribution in [1.29, 1.82) is 0 Å². The second-order valence-corrected chi connectivity index (χ2v) is 9.48. The fraction of sp³-hybridized carbons (Fsp3) is 0.423. The average molecular weight is 451 g/mol. The van der Waals surface area contributed by atoms with Gasteiger partial charge in [0, 0.05) is 23.9 Å². The van der Waals surface area contributed by atoms with E-state index in [1.54, 1.807) is 0 Å². The molecule has 2 N–H and O–H groups in total. The third kappa shape index (κ3) is 5.35. The van der Waals surface area contributed by atoms with Gasteiger partial charge >= 0.3 is 12.1 Å². The summed E-state index contributed by atoms with van der Waals surface area (Å²) in [5.74, 6) is -1.22. The normalized spacial score (nSPS) is 14.8. The second kappa shape index (κ2) is 9.25. The molecule has 1 saturated carbocycles. The number of hydrogen-bond acceptors (Lipinski definition) is 4. The summed E-state index contributed by atoms with van der Waals surface area (Å²) in [6, 6.07) is 16.4. The van der Waals surface area contributed by atoms with Crippen molar-refractivity contribution >= 4 is 18.0 Å². The second-order valence-electron chi connectivity index (χ2n) is 9.48. The number of fused-ring (bicyclic) bond motifs is 3. The van der Waals surface area contributed by atoms with Gasteiger partial charge in [0.2, 0.25) is 5.91 Å². The van der Waals surface area contributed by atoms with Crippen molar-refractivity contribution in [3.05, 3.63) is 59.7 Å². The number of carbonyl (C=O) groups excluding carboxylic acids is 2. The van der Waals surface area contributed by atoms with Crippen LogP contribution < -0.4 is 5.32 Å². The number of amides is 2. The molecular formula is C26H30N2O5. The fourth-order valence-corrected chi connectivity index (χ4v) is 4.49. The Morgan fingerprint density at radius 3 is 2.15 bits per heavy atom. The van der Waals surface area contributed by atoms with Crippen LogP contribution in [0.2, 0.25) is 0 Å². The van der Waals surface area contributed by atoms with Gasteiger partial charge in [-0.05, 0) is 55.4 Å². The highest BCUT2D eigenvalue weighted by Crippen LogP contribution is 2.44. The van der Waals surface area contributed by atoms with Gasteiger partial charge in [-0.25, -0.2) is 4.79 Å². The number of benzene rings is 2. The van der Waals surface area contributed by atoms with Crippen LogP contribution in [-0.4, -0.2) is 52.7 Å². The number of nitrogens with one attached hydrogen (secondary N) is 1. The molecule has 0 aliphatic heterocycles. The summed E-state index contributed by atoms with van der Waals surface area (Å²) < 4.78 is 5.61. The average Bonchev–Trinajstić information content (AvgIpc) is 3.57. The van der Waals surface area contributed by atoms with Crippen molar-refractivity contribution in [1.82, 2.24) is 10.2 Å². The molecule has 2 aliphatic carbocycles. The Morgan fingerprint density at radius 1 is 1.03 bits per heavy atom. The number of carboxylic acids is 1. The van der Waals surface area contributed by atoms with Gasteiger partial charge in [0.05, 0.1) is 0 Å². The lowest BCUT2D eigenvalue weighted by molar-refractivity contribution is -0.145. The Kier molecular flexibility index (Phi) is 6.40. The molecule has 0 aromatic heterocycles. The molecule has 0 atom stereocenters. The predicted molar refractivity (Wildman–Crippen MR) is 124 cm³/mol. The first-order valence-corrected chi connectivity index (χ1v) is 11.4. The molecule has 2 amide bonds. The molecule has 0 heterocycles. The van der Waals surface area contributed by atoms with Crippen LogP contribution in [0.25, 0.3) is 11.1 Å². The van der Waals surface area contributed by atoms with Crippen LogP contribution in [0.15, 0.2) is 48.5 Å². The largest absolute Gasteiger partial charge is 0.480 e. The first-order chi connectivity index (χ1) is 15.7. The van der Waals surface area contributed by atoms with E-state index < -0.39 is 17.6 Å². The number of ether oxygens (including phenoxy) is 1. The van der Waals surface area contributed by atoms with Crippen LogP contribution in [0.5, 0.6) is 0 Å². The number of nitrogens with zero attached hydrogens (tertiary/aromatic N) is 1. The third-order valence-electron chi connectivity index (χ3n) is 6.36. The smallest absolute Gasteiger partial charge is 0.407 e. The van der Waals surface area contributed by atoms with Crippen LogP contribution in [0, 0.1) is 0 Å². The quantitative estimate of drug-likeness (QED) is 0.598. The van der Waals surface area contributed by atoms with Crippen LogP contribution in [0.3, 0.4) is 0 Å². The molecule has 1 fully saturated rings. The van der Waals surface area contributed by atoms with Crippen molar-refractivity contribution in [3.63, 3.8) is 0 Å². The third-order valence-corrected chi connectivity index (χ3v) is 6.36. The molecule has 0 unspecified atom stereocenters. The number of carbonyl (C=O) groups is 3. The molecule has 7 heteroatoms. The van der Waals surface area contributed by atoms with E-state index in [1.807, 2.05) is 38.1 Å². The SMILES string of the molecule is CC(C)(CCC(=O)N(CC(=O)O)C1CC1)NC(=O)OCC1c2ccccc2-c2ccccc21. The minimum atomic E-state index is -1.01.